The minimum atomic E-state index is -2.88. The second kappa shape index (κ2) is 2.82. The monoisotopic (exact) mass is 177 g/mol. The predicted molar refractivity (Wildman–Crippen MR) is 43.4 cm³/mol. The molecular formula is C5H11N3O2S. The first-order valence-corrected chi connectivity index (χ1v) is 4.56. The second-order valence-corrected chi connectivity index (χ2v) is 3.94. The molecule has 11 heavy (non-hydrogen) atoms. The van der Waals surface area contributed by atoms with E-state index in [1.807, 2.05) is 0 Å². The fourth-order valence-electron chi connectivity index (χ4n) is 0.717. The Morgan fingerprint density at radius 2 is 2.27 bits per heavy atom. The summed E-state index contributed by atoms with van der Waals surface area (Å²) in [6, 6.07) is 0. The molecule has 1 heterocycles. The average molecular weight is 177 g/mol. The van der Waals surface area contributed by atoms with Crippen LogP contribution in [0.1, 0.15) is 0 Å². The zero-order chi connectivity index (χ0) is 8.48. The number of nitrogens with zero attached hydrogens (tertiary/aromatic N) is 2. The molecule has 0 amide bonds. The molecule has 6 heteroatoms. The smallest absolute Gasteiger partial charge is 0.237 e. The van der Waals surface area contributed by atoms with Gasteiger partial charge in [0.15, 0.2) is 0 Å². The van der Waals surface area contributed by atoms with Gasteiger partial charge in [-0.15, -0.1) is 0 Å². The van der Waals surface area contributed by atoms with Crippen LogP contribution in [0.2, 0.25) is 0 Å². The van der Waals surface area contributed by atoms with Gasteiger partial charge in [0.05, 0.1) is 0 Å². The third kappa shape index (κ3) is 1.54. The van der Waals surface area contributed by atoms with Crippen molar-refractivity contribution in [1.82, 2.24) is 14.3 Å². The van der Waals surface area contributed by atoms with Gasteiger partial charge in [0.25, 0.3) is 0 Å². The van der Waals surface area contributed by atoms with Gasteiger partial charge in [0, 0.05) is 26.5 Å². The molecule has 1 rings (SSSR count). The van der Waals surface area contributed by atoms with Crippen LogP contribution in [-0.4, -0.2) is 25.7 Å². The van der Waals surface area contributed by atoms with Crippen LogP contribution in [0.3, 0.4) is 0 Å². The number of aryl methyl sites for hydroxylation is 1. The molecule has 0 fully saturated rings. The topological polar surface area (TPSA) is 70.3 Å². The molecule has 0 atom stereocenters. The highest BCUT2D eigenvalue weighted by atomic mass is 32.3. The van der Waals surface area contributed by atoms with E-state index >= 15 is 0 Å². The first-order valence-electron chi connectivity index (χ1n) is 3.02. The Morgan fingerprint density at radius 3 is 2.64 bits per heavy atom. The summed E-state index contributed by atoms with van der Waals surface area (Å²) < 4.78 is 22.6. The number of imidazole rings is 1. The summed E-state index contributed by atoms with van der Waals surface area (Å²) >= 11 is 0. The number of hydrogen-bond acceptors (Lipinski definition) is 4. The van der Waals surface area contributed by atoms with E-state index in [2.05, 4.69) is 9.71 Å². The van der Waals surface area contributed by atoms with Crippen LogP contribution < -0.4 is 4.72 Å². The molecule has 0 radical (unpaired) electrons. The van der Waals surface area contributed by atoms with Gasteiger partial charge < -0.3 is 4.57 Å². The maximum Gasteiger partial charge on any atom is 0.237 e. The Labute approximate surface area is 66.6 Å². The molecule has 0 bridgehead atoms. The highest BCUT2D eigenvalue weighted by molar-refractivity contribution is 8.22. The minimum Gasteiger partial charge on any atom is -0.320 e. The van der Waals surface area contributed by atoms with Gasteiger partial charge in [-0.1, -0.05) is 10.8 Å². The van der Waals surface area contributed by atoms with Crippen LogP contribution in [0.4, 0.5) is 0 Å². The van der Waals surface area contributed by atoms with Crippen molar-refractivity contribution in [1.29, 1.82) is 0 Å². The van der Waals surface area contributed by atoms with Crippen LogP contribution in [0, 0.1) is 0 Å². The van der Waals surface area contributed by atoms with E-state index < -0.39 is 10.8 Å². The summed E-state index contributed by atoms with van der Waals surface area (Å²) in [6.45, 7) is 0. The summed E-state index contributed by atoms with van der Waals surface area (Å²) in [7, 11) is 0.295. The molecule has 0 aliphatic heterocycles. The van der Waals surface area contributed by atoms with Gasteiger partial charge in [-0.25, -0.2) is 9.71 Å². The highest BCUT2D eigenvalue weighted by Gasteiger charge is 2.16. The molecule has 0 aromatic carbocycles. The molecule has 0 aliphatic carbocycles. The molecule has 0 unspecified atom stereocenters. The van der Waals surface area contributed by atoms with E-state index in [1.165, 1.54) is 13.2 Å². The fraction of sp³-hybridized carbons (Fsp3) is 0.400. The average Bonchev–Trinajstić information content (AvgIpc) is 2.36. The van der Waals surface area contributed by atoms with Crippen LogP contribution in [0.25, 0.3) is 0 Å². The third-order valence-electron chi connectivity index (χ3n) is 1.32. The van der Waals surface area contributed by atoms with Gasteiger partial charge in [-0.3, -0.25) is 9.11 Å². The minimum absolute atomic E-state index is 0.250. The number of rotatable bonds is 2. The fourth-order valence-corrected chi connectivity index (χ4v) is 1.57. The summed E-state index contributed by atoms with van der Waals surface area (Å²) in [5.74, 6) is 0. The van der Waals surface area contributed by atoms with Crippen LogP contribution >= 0.6 is 10.8 Å². The largest absolute Gasteiger partial charge is 0.320 e. The molecule has 3 N–H and O–H groups in total. The summed E-state index contributed by atoms with van der Waals surface area (Å²) in [4.78, 5) is 3.80. The Hall–Kier alpha value is -0.560. The summed E-state index contributed by atoms with van der Waals surface area (Å²) in [5, 5.41) is 0.250. The molecule has 0 saturated heterocycles. The van der Waals surface area contributed by atoms with Crippen LogP contribution in [-0.2, 0) is 7.05 Å². The van der Waals surface area contributed by atoms with E-state index in [-0.39, 0.29) is 5.16 Å². The zero-order valence-electron chi connectivity index (χ0n) is 6.35. The lowest BCUT2D eigenvalue weighted by molar-refractivity contribution is 0.460. The van der Waals surface area contributed by atoms with Gasteiger partial charge in [0.1, 0.15) is 0 Å². The summed E-state index contributed by atoms with van der Waals surface area (Å²) in [5.41, 5.74) is 0. The van der Waals surface area contributed by atoms with Crippen molar-refractivity contribution in [3.05, 3.63) is 12.4 Å². The van der Waals surface area contributed by atoms with Crippen molar-refractivity contribution in [3.63, 3.8) is 0 Å². The number of hydrogen-bond donors (Lipinski definition) is 3. The van der Waals surface area contributed by atoms with Crippen LogP contribution in [0.5, 0.6) is 0 Å². The molecular weight excluding hydrogens is 166 g/mol. The Morgan fingerprint density at radius 1 is 1.64 bits per heavy atom. The molecule has 0 aliphatic rings. The first kappa shape index (κ1) is 8.54. The third-order valence-corrected chi connectivity index (χ3v) is 2.79. The molecule has 1 aromatic heterocycles. The van der Waals surface area contributed by atoms with E-state index in [0.717, 1.165) is 0 Å². The van der Waals surface area contributed by atoms with Crippen molar-refractivity contribution < 1.29 is 9.11 Å². The maximum atomic E-state index is 9.31. The first-order chi connectivity index (χ1) is 5.08. The molecule has 0 spiro atoms. The highest BCUT2D eigenvalue weighted by Crippen LogP contribution is 2.40. The lowest BCUT2D eigenvalue weighted by atomic mass is 10.9. The predicted octanol–water partition coefficient (Wildman–Crippen LogP) is 0.664. The molecule has 0 saturated carbocycles. The quantitative estimate of drug-likeness (QED) is 0.620. The maximum absolute atomic E-state index is 9.31. The van der Waals surface area contributed by atoms with Crippen molar-refractivity contribution in [2.45, 2.75) is 5.16 Å². The molecule has 1 aromatic rings. The van der Waals surface area contributed by atoms with E-state index in [9.17, 15) is 9.11 Å². The van der Waals surface area contributed by atoms with Gasteiger partial charge in [-0.05, 0) is 0 Å². The van der Waals surface area contributed by atoms with Crippen molar-refractivity contribution in [2.75, 3.05) is 7.05 Å². The van der Waals surface area contributed by atoms with E-state index in [0.29, 0.717) is 0 Å². The number of aromatic nitrogens is 2. The number of nitrogens with one attached hydrogen (secondary N) is 1. The van der Waals surface area contributed by atoms with E-state index in [1.54, 1.807) is 17.8 Å². The molecule has 64 valence electrons. The van der Waals surface area contributed by atoms with Gasteiger partial charge in [-0.2, -0.15) is 0 Å². The molecule has 5 nitrogen and oxygen atoms in total. The Bertz CT molecular complexity index is 248. The SMILES string of the molecule is CNS(O)(O)c1nccn1C. The normalized spacial score (nSPS) is 13.5. The van der Waals surface area contributed by atoms with Crippen molar-refractivity contribution in [3.8, 4) is 0 Å². The van der Waals surface area contributed by atoms with Crippen LogP contribution in [0.15, 0.2) is 17.6 Å². The van der Waals surface area contributed by atoms with Crippen molar-refractivity contribution >= 4 is 10.8 Å². The summed E-state index contributed by atoms with van der Waals surface area (Å²) in [6.07, 6.45) is 3.17. The van der Waals surface area contributed by atoms with Gasteiger partial charge in [0.2, 0.25) is 5.16 Å². The lowest BCUT2D eigenvalue weighted by Gasteiger charge is -2.29. The van der Waals surface area contributed by atoms with Crippen molar-refractivity contribution in [2.24, 2.45) is 7.05 Å². The lowest BCUT2D eigenvalue weighted by Crippen LogP contribution is -2.18. The Balaban J connectivity index is 3.00. The van der Waals surface area contributed by atoms with E-state index in [4.69, 9.17) is 0 Å². The zero-order valence-corrected chi connectivity index (χ0v) is 7.17. The Kier molecular flexibility index (Phi) is 2.19. The second-order valence-electron chi connectivity index (χ2n) is 2.07. The van der Waals surface area contributed by atoms with Gasteiger partial charge >= 0.3 is 0 Å². The standard InChI is InChI=1S/C5H11N3O2S/c1-6-11(9,10)5-7-3-4-8(5)2/h3-4,6,9-10H,1-2H3.